The molecule has 4 aromatic rings. The fourth-order valence-electron chi connectivity index (χ4n) is 2.32. The Morgan fingerprint density at radius 3 is 2.67 bits per heavy atom. The molecule has 0 N–H and O–H groups in total. The third-order valence-electron chi connectivity index (χ3n) is 3.13. The van der Waals surface area contributed by atoms with Crippen LogP contribution in [0.5, 0.6) is 0 Å². The first-order chi connectivity index (χ1) is 8.93. The second-order valence-corrected chi connectivity index (χ2v) is 7.21. The third-order valence-corrected chi connectivity index (χ3v) is 6.59. The topological polar surface area (TPSA) is 17.8 Å². The van der Waals surface area contributed by atoms with Gasteiger partial charge in [0.15, 0.2) is 0 Å². The Bertz CT molecular complexity index is 828. The van der Waals surface area contributed by atoms with Crippen LogP contribution >= 0.6 is 0 Å². The van der Waals surface area contributed by atoms with E-state index in [1.165, 1.54) is 23.3 Å². The first kappa shape index (κ1) is 10.4. The monoisotopic (exact) mass is 348 g/mol. The molecule has 2 aromatic heterocycles. The molecule has 0 amide bonds. The standard InChI is InChI=1S/C15H10N2Te/c1-2-8-14-11(5-1)12-6-3-7-13(15(12)18-14)17-10-4-9-16-17/h1-10H. The predicted molar refractivity (Wildman–Crippen MR) is 75.5 cm³/mol. The fraction of sp³-hybridized carbons (Fsp3) is 0. The molecule has 0 aliphatic carbocycles. The van der Waals surface area contributed by atoms with Crippen molar-refractivity contribution in [3.63, 3.8) is 0 Å². The van der Waals surface area contributed by atoms with Gasteiger partial charge in [0.1, 0.15) is 0 Å². The second kappa shape index (κ2) is 3.98. The summed E-state index contributed by atoms with van der Waals surface area (Å²) in [5.74, 6) is 0. The number of rotatable bonds is 1. The average molecular weight is 346 g/mol. The molecule has 3 heteroatoms. The zero-order chi connectivity index (χ0) is 11.9. The van der Waals surface area contributed by atoms with Crippen LogP contribution in [-0.4, -0.2) is 30.2 Å². The van der Waals surface area contributed by atoms with Crippen LogP contribution in [0.1, 0.15) is 0 Å². The summed E-state index contributed by atoms with van der Waals surface area (Å²) in [7, 11) is 0. The first-order valence-electron chi connectivity index (χ1n) is 5.84. The van der Waals surface area contributed by atoms with E-state index in [0.29, 0.717) is 0 Å². The van der Waals surface area contributed by atoms with Crippen molar-refractivity contribution in [3.05, 3.63) is 60.9 Å². The molecule has 4 rings (SSSR count). The molecule has 86 valence electrons. The quantitative estimate of drug-likeness (QED) is 0.484. The molecular weight excluding hydrogens is 336 g/mol. The normalized spacial score (nSPS) is 11.3. The van der Waals surface area contributed by atoms with Gasteiger partial charge in [0.2, 0.25) is 0 Å². The number of nitrogens with zero attached hydrogens (tertiary/aromatic N) is 2. The van der Waals surface area contributed by atoms with Crippen LogP contribution < -0.4 is 0 Å². The van der Waals surface area contributed by atoms with Gasteiger partial charge in [-0.05, 0) is 0 Å². The van der Waals surface area contributed by atoms with Crippen molar-refractivity contribution in [1.29, 1.82) is 0 Å². The molecule has 0 saturated carbocycles. The Hall–Kier alpha value is -1.56. The number of hydrogen-bond acceptors (Lipinski definition) is 1. The van der Waals surface area contributed by atoms with Crippen molar-refractivity contribution in [2.45, 2.75) is 0 Å². The fourth-order valence-corrected chi connectivity index (χ4v) is 5.77. The van der Waals surface area contributed by atoms with Crippen LogP contribution in [0.15, 0.2) is 60.9 Å². The Morgan fingerprint density at radius 1 is 0.889 bits per heavy atom. The van der Waals surface area contributed by atoms with Crippen molar-refractivity contribution in [2.75, 3.05) is 0 Å². The zero-order valence-electron chi connectivity index (χ0n) is 9.58. The number of benzene rings is 2. The van der Waals surface area contributed by atoms with E-state index in [4.69, 9.17) is 0 Å². The second-order valence-electron chi connectivity index (χ2n) is 4.20. The summed E-state index contributed by atoms with van der Waals surface area (Å²) in [5, 5.41) is 7.19. The molecule has 0 unspecified atom stereocenters. The van der Waals surface area contributed by atoms with Crippen LogP contribution in [0.4, 0.5) is 0 Å². The van der Waals surface area contributed by atoms with Gasteiger partial charge in [-0.15, -0.1) is 0 Å². The molecule has 0 radical (unpaired) electrons. The minimum absolute atomic E-state index is 0.284. The molecule has 2 heterocycles. The Balaban J connectivity index is 2.17. The SMILES string of the molecule is c1ccc2c(c1)[te]c1c(-n3cccn3)cccc12. The van der Waals surface area contributed by atoms with Crippen molar-refractivity contribution >= 4 is 38.0 Å². The Kier molecular flexibility index (Phi) is 2.29. The molecule has 0 saturated heterocycles. The number of fused-ring (bicyclic) bond motifs is 3. The summed E-state index contributed by atoms with van der Waals surface area (Å²) < 4.78 is 5.03. The van der Waals surface area contributed by atoms with Gasteiger partial charge in [-0.25, -0.2) is 0 Å². The molecular formula is C15H10N2Te. The zero-order valence-corrected chi connectivity index (χ0v) is 11.9. The maximum absolute atomic E-state index is 4.36. The molecule has 0 aliphatic heterocycles. The van der Waals surface area contributed by atoms with Gasteiger partial charge < -0.3 is 0 Å². The Labute approximate surface area is 114 Å². The molecule has 0 bridgehead atoms. The van der Waals surface area contributed by atoms with E-state index in [1.54, 1.807) is 0 Å². The van der Waals surface area contributed by atoms with Crippen LogP contribution in [0.25, 0.3) is 23.3 Å². The van der Waals surface area contributed by atoms with Gasteiger partial charge in [-0.2, -0.15) is 0 Å². The van der Waals surface area contributed by atoms with E-state index >= 15 is 0 Å². The molecule has 0 spiro atoms. The van der Waals surface area contributed by atoms with E-state index in [9.17, 15) is 0 Å². The van der Waals surface area contributed by atoms with E-state index in [2.05, 4.69) is 47.6 Å². The van der Waals surface area contributed by atoms with Crippen LogP contribution in [0.3, 0.4) is 0 Å². The van der Waals surface area contributed by atoms with Crippen LogP contribution in [0.2, 0.25) is 0 Å². The van der Waals surface area contributed by atoms with Crippen molar-refractivity contribution < 1.29 is 0 Å². The van der Waals surface area contributed by atoms with Crippen LogP contribution in [0, 0.1) is 0 Å². The van der Waals surface area contributed by atoms with E-state index < -0.39 is 0 Å². The van der Waals surface area contributed by atoms with Crippen molar-refractivity contribution in [3.8, 4) is 5.69 Å². The molecule has 2 aromatic carbocycles. The molecule has 0 fully saturated rings. The molecule has 0 atom stereocenters. The number of hydrogen-bond donors (Lipinski definition) is 0. The van der Waals surface area contributed by atoms with E-state index in [0.717, 1.165) is 0 Å². The van der Waals surface area contributed by atoms with Gasteiger partial charge in [0.05, 0.1) is 0 Å². The van der Waals surface area contributed by atoms with E-state index in [1.807, 2.05) is 23.1 Å². The van der Waals surface area contributed by atoms with Gasteiger partial charge in [-0.1, -0.05) is 0 Å². The van der Waals surface area contributed by atoms with Gasteiger partial charge in [0.25, 0.3) is 0 Å². The summed E-state index contributed by atoms with van der Waals surface area (Å²) in [6, 6.07) is 17.3. The number of aromatic nitrogens is 2. The van der Waals surface area contributed by atoms with Crippen molar-refractivity contribution in [1.82, 2.24) is 9.78 Å². The summed E-state index contributed by atoms with van der Waals surface area (Å²) in [4.78, 5) is 0. The summed E-state index contributed by atoms with van der Waals surface area (Å²) >= 11 is -0.284. The van der Waals surface area contributed by atoms with Gasteiger partial charge in [-0.3, -0.25) is 0 Å². The Morgan fingerprint density at radius 2 is 1.78 bits per heavy atom. The summed E-state index contributed by atoms with van der Waals surface area (Å²) in [5.41, 5.74) is 1.25. The van der Waals surface area contributed by atoms with Crippen molar-refractivity contribution in [2.24, 2.45) is 0 Å². The molecule has 2 nitrogen and oxygen atoms in total. The minimum atomic E-state index is -0.284. The first-order valence-corrected chi connectivity index (χ1v) is 8.17. The molecule has 18 heavy (non-hydrogen) atoms. The third kappa shape index (κ3) is 1.45. The average Bonchev–Trinajstić information content (AvgIpc) is 3.05. The predicted octanol–water partition coefficient (Wildman–Crippen LogP) is 3.24. The summed E-state index contributed by atoms with van der Waals surface area (Å²) in [6.07, 6.45) is 3.85. The van der Waals surface area contributed by atoms with Crippen LogP contribution in [-0.2, 0) is 0 Å². The molecule has 0 aliphatic rings. The summed E-state index contributed by atoms with van der Waals surface area (Å²) in [6.45, 7) is 0. The van der Waals surface area contributed by atoms with Gasteiger partial charge >= 0.3 is 114 Å². The van der Waals surface area contributed by atoms with E-state index in [-0.39, 0.29) is 20.4 Å². The maximum atomic E-state index is 4.36. The van der Waals surface area contributed by atoms with Gasteiger partial charge in [0, 0.05) is 0 Å².